The smallest absolute Gasteiger partial charge is 0.322 e. The van der Waals surface area contributed by atoms with E-state index in [1.54, 1.807) is 0 Å². The summed E-state index contributed by atoms with van der Waals surface area (Å²) in [4.78, 5) is 0. The molecule has 2 nitrogen and oxygen atoms in total. The summed E-state index contributed by atoms with van der Waals surface area (Å²) in [5.74, 6) is 0.864. The van der Waals surface area contributed by atoms with Gasteiger partial charge in [-0.25, -0.2) is 0 Å². The molecule has 0 radical (unpaired) electrons. The highest BCUT2D eigenvalue weighted by molar-refractivity contribution is 6.44. The van der Waals surface area contributed by atoms with Gasteiger partial charge in [-0.15, -0.1) is 0 Å². The van der Waals surface area contributed by atoms with Crippen LogP contribution in [-0.2, 0) is 8.85 Å². The Bertz CT molecular complexity index is 236. The second kappa shape index (κ2) is 4.81. The summed E-state index contributed by atoms with van der Waals surface area (Å²) < 4.78 is 11.5. The van der Waals surface area contributed by atoms with Crippen LogP contribution in [0.25, 0.3) is 0 Å². The molecular formula is C12H22O2Si. The first-order valence-electron chi connectivity index (χ1n) is 6.20. The predicted octanol–water partition coefficient (Wildman–Crippen LogP) is 2.64. The number of hydrogen-bond donors (Lipinski definition) is 0. The molecule has 0 N–H and O–H groups in total. The van der Waals surface area contributed by atoms with E-state index in [-0.39, 0.29) is 0 Å². The Balaban J connectivity index is 1.90. The summed E-state index contributed by atoms with van der Waals surface area (Å²) in [6, 6.07) is 1.18. The molecule has 15 heavy (non-hydrogen) atoms. The van der Waals surface area contributed by atoms with Crippen molar-refractivity contribution in [3.05, 3.63) is 12.2 Å². The van der Waals surface area contributed by atoms with Gasteiger partial charge in [0.25, 0.3) is 0 Å². The Hall–Kier alpha value is -0.123. The molecule has 2 aliphatic carbocycles. The van der Waals surface area contributed by atoms with Crippen LogP contribution in [-0.4, -0.2) is 22.5 Å². The molecule has 1 saturated carbocycles. The van der Waals surface area contributed by atoms with Crippen LogP contribution in [0.3, 0.4) is 0 Å². The van der Waals surface area contributed by atoms with Crippen molar-refractivity contribution in [2.75, 3.05) is 13.2 Å². The first-order valence-corrected chi connectivity index (χ1v) is 7.96. The minimum Gasteiger partial charge on any atom is -0.397 e. The summed E-state index contributed by atoms with van der Waals surface area (Å²) >= 11 is 0. The van der Waals surface area contributed by atoms with E-state index in [1.807, 2.05) is 0 Å². The first-order chi connectivity index (χ1) is 7.28. The van der Waals surface area contributed by atoms with E-state index >= 15 is 0 Å². The first kappa shape index (κ1) is 11.4. The Kier molecular flexibility index (Phi) is 3.64. The highest BCUT2D eigenvalue weighted by Gasteiger charge is 2.42. The standard InChI is InChI=1S/C12H22O2Si/c1-3-13-15(14-4-2)10-12-7-5-11(9-12)6-8-12/h5,7,11,15H,3-4,6,8-10H2,1-2H3. The highest BCUT2D eigenvalue weighted by Crippen LogP contribution is 2.52. The monoisotopic (exact) mass is 226 g/mol. The minimum atomic E-state index is -1.40. The van der Waals surface area contributed by atoms with Crippen molar-refractivity contribution in [2.45, 2.75) is 39.2 Å². The summed E-state index contributed by atoms with van der Waals surface area (Å²) in [7, 11) is -1.40. The highest BCUT2D eigenvalue weighted by atomic mass is 28.3. The molecule has 1 fully saturated rings. The number of rotatable bonds is 6. The van der Waals surface area contributed by atoms with Crippen molar-refractivity contribution in [2.24, 2.45) is 11.3 Å². The van der Waals surface area contributed by atoms with Gasteiger partial charge in [-0.3, -0.25) is 0 Å². The molecule has 2 aliphatic rings. The Morgan fingerprint density at radius 1 is 1.33 bits per heavy atom. The average Bonchev–Trinajstić information content (AvgIpc) is 2.78. The van der Waals surface area contributed by atoms with E-state index in [2.05, 4.69) is 26.0 Å². The zero-order chi connectivity index (χ0) is 10.7. The van der Waals surface area contributed by atoms with Crippen LogP contribution >= 0.6 is 0 Å². The fourth-order valence-corrected chi connectivity index (χ4v) is 5.22. The van der Waals surface area contributed by atoms with Crippen LogP contribution in [0.4, 0.5) is 0 Å². The zero-order valence-electron chi connectivity index (χ0n) is 9.87. The van der Waals surface area contributed by atoms with Crippen LogP contribution in [0.1, 0.15) is 33.1 Å². The molecule has 0 heterocycles. The van der Waals surface area contributed by atoms with Gasteiger partial charge in [0.15, 0.2) is 0 Å². The maximum Gasteiger partial charge on any atom is 0.322 e. The Morgan fingerprint density at radius 2 is 2.07 bits per heavy atom. The van der Waals surface area contributed by atoms with Crippen LogP contribution in [0, 0.1) is 11.3 Å². The van der Waals surface area contributed by atoms with E-state index < -0.39 is 9.28 Å². The third-order valence-corrected chi connectivity index (χ3v) is 6.24. The van der Waals surface area contributed by atoms with Gasteiger partial charge >= 0.3 is 9.28 Å². The fourth-order valence-electron chi connectivity index (χ4n) is 2.98. The van der Waals surface area contributed by atoms with Gasteiger partial charge in [0.05, 0.1) is 0 Å². The Morgan fingerprint density at radius 3 is 2.47 bits per heavy atom. The molecule has 0 amide bonds. The lowest BCUT2D eigenvalue weighted by molar-refractivity contribution is 0.201. The second-order valence-electron chi connectivity index (χ2n) is 4.77. The molecule has 86 valence electrons. The van der Waals surface area contributed by atoms with Crippen molar-refractivity contribution < 1.29 is 8.85 Å². The molecule has 0 saturated heterocycles. The van der Waals surface area contributed by atoms with E-state index in [9.17, 15) is 0 Å². The number of fused-ring (bicyclic) bond motifs is 2. The van der Waals surface area contributed by atoms with Crippen LogP contribution < -0.4 is 0 Å². The molecule has 0 aromatic heterocycles. The molecule has 2 atom stereocenters. The topological polar surface area (TPSA) is 18.5 Å². The lowest BCUT2D eigenvalue weighted by atomic mass is 9.90. The van der Waals surface area contributed by atoms with Gasteiger partial charge in [-0.05, 0) is 50.5 Å². The van der Waals surface area contributed by atoms with Crippen LogP contribution in [0.5, 0.6) is 0 Å². The van der Waals surface area contributed by atoms with Gasteiger partial charge in [-0.1, -0.05) is 12.2 Å². The fraction of sp³-hybridized carbons (Fsp3) is 0.833. The van der Waals surface area contributed by atoms with Crippen molar-refractivity contribution >= 4 is 9.28 Å². The van der Waals surface area contributed by atoms with E-state index in [4.69, 9.17) is 8.85 Å². The van der Waals surface area contributed by atoms with Gasteiger partial charge in [0, 0.05) is 13.2 Å². The lowest BCUT2D eigenvalue weighted by Gasteiger charge is -2.27. The van der Waals surface area contributed by atoms with Gasteiger partial charge < -0.3 is 8.85 Å². The third-order valence-electron chi connectivity index (χ3n) is 3.68. The molecule has 2 bridgehead atoms. The molecule has 2 rings (SSSR count). The molecule has 0 aliphatic heterocycles. The minimum absolute atomic E-state index is 0.464. The molecular weight excluding hydrogens is 204 g/mol. The van der Waals surface area contributed by atoms with Gasteiger partial charge in [0.2, 0.25) is 0 Å². The summed E-state index contributed by atoms with van der Waals surface area (Å²) in [5, 5.41) is 0. The summed E-state index contributed by atoms with van der Waals surface area (Å²) in [5.41, 5.74) is 0.464. The van der Waals surface area contributed by atoms with E-state index in [0.29, 0.717) is 5.41 Å². The summed E-state index contributed by atoms with van der Waals surface area (Å²) in [6.45, 7) is 5.75. The van der Waals surface area contributed by atoms with E-state index in [0.717, 1.165) is 19.1 Å². The number of allylic oxidation sites excluding steroid dienone is 2. The quantitative estimate of drug-likeness (QED) is 0.512. The van der Waals surface area contributed by atoms with Crippen molar-refractivity contribution in [3.63, 3.8) is 0 Å². The maximum absolute atomic E-state index is 5.77. The molecule has 0 aromatic carbocycles. The predicted molar refractivity (Wildman–Crippen MR) is 64.1 cm³/mol. The zero-order valence-corrected chi connectivity index (χ0v) is 11.0. The third kappa shape index (κ3) is 2.52. The normalized spacial score (nSPS) is 33.1. The molecule has 0 spiro atoms. The SMILES string of the molecule is CCO[SiH](CC12C=CC(CC1)C2)OCC. The van der Waals surface area contributed by atoms with Crippen molar-refractivity contribution in [1.82, 2.24) is 0 Å². The van der Waals surface area contributed by atoms with Gasteiger partial charge in [0.1, 0.15) is 0 Å². The maximum atomic E-state index is 5.77. The molecule has 3 heteroatoms. The summed E-state index contributed by atoms with van der Waals surface area (Å²) in [6.07, 6.45) is 8.95. The average molecular weight is 226 g/mol. The van der Waals surface area contributed by atoms with Crippen molar-refractivity contribution in [3.8, 4) is 0 Å². The number of hydrogen-bond acceptors (Lipinski definition) is 2. The second-order valence-corrected chi connectivity index (χ2v) is 6.70. The lowest BCUT2D eigenvalue weighted by Crippen LogP contribution is -2.29. The molecule has 2 unspecified atom stereocenters. The van der Waals surface area contributed by atoms with Crippen LogP contribution in [0.15, 0.2) is 12.2 Å². The van der Waals surface area contributed by atoms with E-state index in [1.165, 1.54) is 25.3 Å². The van der Waals surface area contributed by atoms with Gasteiger partial charge in [-0.2, -0.15) is 0 Å². The van der Waals surface area contributed by atoms with Crippen LogP contribution in [0.2, 0.25) is 6.04 Å². The van der Waals surface area contributed by atoms with Crippen molar-refractivity contribution in [1.29, 1.82) is 0 Å². The largest absolute Gasteiger partial charge is 0.397 e. The molecule has 0 aromatic rings. The Labute approximate surface area is 94.5 Å².